The Kier molecular flexibility index (Phi) is 7.10. The number of halogens is 2. The highest BCUT2D eigenvalue weighted by Crippen LogP contribution is 2.20. The van der Waals surface area contributed by atoms with Gasteiger partial charge in [0.25, 0.3) is 5.91 Å². The van der Waals surface area contributed by atoms with Gasteiger partial charge in [-0.1, -0.05) is 41.4 Å². The zero-order chi connectivity index (χ0) is 18.2. The van der Waals surface area contributed by atoms with Crippen LogP contribution in [0.3, 0.4) is 0 Å². The molecule has 0 heterocycles. The summed E-state index contributed by atoms with van der Waals surface area (Å²) in [7, 11) is 0. The molecule has 5 nitrogen and oxygen atoms in total. The Morgan fingerprint density at radius 1 is 1.08 bits per heavy atom. The van der Waals surface area contributed by atoms with Gasteiger partial charge in [-0.15, -0.1) is 0 Å². The van der Waals surface area contributed by atoms with E-state index in [2.05, 4.69) is 5.32 Å². The van der Waals surface area contributed by atoms with Crippen LogP contribution in [0.15, 0.2) is 42.5 Å². The van der Waals surface area contributed by atoms with Crippen LogP contribution in [0.2, 0.25) is 10.0 Å². The van der Waals surface area contributed by atoms with Crippen LogP contribution in [0.4, 0.5) is 0 Å². The van der Waals surface area contributed by atoms with Gasteiger partial charge in [0, 0.05) is 5.02 Å². The predicted octanol–water partition coefficient (Wildman–Crippen LogP) is 3.65. The number of ether oxygens (including phenoxy) is 2. The Labute approximate surface area is 155 Å². The molecule has 0 saturated heterocycles. The molecule has 0 spiro atoms. The summed E-state index contributed by atoms with van der Waals surface area (Å²) in [5, 5.41) is 3.08. The van der Waals surface area contributed by atoms with Crippen LogP contribution in [0.5, 0.6) is 5.75 Å². The van der Waals surface area contributed by atoms with Crippen molar-refractivity contribution in [1.29, 1.82) is 0 Å². The second-order valence-electron chi connectivity index (χ2n) is 5.14. The summed E-state index contributed by atoms with van der Waals surface area (Å²) >= 11 is 11.7. The minimum atomic E-state index is -0.563. The summed E-state index contributed by atoms with van der Waals surface area (Å²) in [6.07, 6.45) is 0. The van der Waals surface area contributed by atoms with Gasteiger partial charge in [0.05, 0.1) is 10.6 Å². The lowest BCUT2D eigenvalue weighted by atomic mass is 10.2. The van der Waals surface area contributed by atoms with Crippen molar-refractivity contribution in [3.8, 4) is 5.75 Å². The number of carbonyl (C=O) groups is 2. The molecular formula is C18H17Cl2NO4. The summed E-state index contributed by atoms with van der Waals surface area (Å²) < 4.78 is 10.5. The topological polar surface area (TPSA) is 64.6 Å². The molecule has 7 heteroatoms. The van der Waals surface area contributed by atoms with Crippen LogP contribution in [0, 0.1) is 6.92 Å². The van der Waals surface area contributed by atoms with E-state index < -0.39 is 11.9 Å². The fourth-order valence-corrected chi connectivity index (χ4v) is 2.49. The van der Waals surface area contributed by atoms with Crippen LogP contribution in [0.1, 0.15) is 15.9 Å². The average molecular weight is 382 g/mol. The summed E-state index contributed by atoms with van der Waals surface area (Å²) in [5.74, 6) is -0.300. The number of para-hydroxylation sites is 1. The maximum atomic E-state index is 12.0. The standard InChI is InChI=1S/C18H17Cl2NO4/c1-12-4-2-3-5-16(12)24-8-9-25-17(22)11-21-18(23)14-7-6-13(19)10-15(14)20/h2-7,10H,8-9,11H2,1H3,(H,21,23). The Balaban J connectivity index is 1.70. The van der Waals surface area contributed by atoms with Gasteiger partial charge >= 0.3 is 5.97 Å². The van der Waals surface area contributed by atoms with Crippen LogP contribution in [-0.2, 0) is 9.53 Å². The van der Waals surface area contributed by atoms with Gasteiger partial charge in [0.2, 0.25) is 0 Å². The first-order chi connectivity index (χ1) is 12.0. The molecular weight excluding hydrogens is 365 g/mol. The summed E-state index contributed by atoms with van der Waals surface area (Å²) in [5.41, 5.74) is 1.24. The number of nitrogens with one attached hydrogen (secondary N) is 1. The fourth-order valence-electron chi connectivity index (χ4n) is 2.00. The number of carbonyl (C=O) groups excluding carboxylic acids is 2. The second kappa shape index (κ2) is 9.30. The fraction of sp³-hybridized carbons (Fsp3) is 0.222. The maximum Gasteiger partial charge on any atom is 0.325 e. The second-order valence-corrected chi connectivity index (χ2v) is 5.98. The summed E-state index contributed by atoms with van der Waals surface area (Å²) in [4.78, 5) is 23.6. The van der Waals surface area contributed by atoms with Gasteiger partial charge in [-0.25, -0.2) is 0 Å². The molecule has 0 saturated carbocycles. The molecule has 1 amide bonds. The molecule has 0 aliphatic heterocycles. The molecule has 0 unspecified atom stereocenters. The van der Waals surface area contributed by atoms with Crippen molar-refractivity contribution in [2.24, 2.45) is 0 Å². The van der Waals surface area contributed by atoms with E-state index >= 15 is 0 Å². The van der Waals surface area contributed by atoms with E-state index in [0.29, 0.717) is 5.02 Å². The Hall–Kier alpha value is -2.24. The molecule has 0 aromatic heterocycles. The highest BCUT2D eigenvalue weighted by molar-refractivity contribution is 6.36. The molecule has 0 bridgehead atoms. The van der Waals surface area contributed by atoms with Crippen molar-refractivity contribution < 1.29 is 19.1 Å². The molecule has 132 valence electrons. The van der Waals surface area contributed by atoms with Crippen LogP contribution in [-0.4, -0.2) is 31.6 Å². The van der Waals surface area contributed by atoms with Crippen LogP contribution >= 0.6 is 23.2 Å². The molecule has 0 fully saturated rings. The molecule has 1 N–H and O–H groups in total. The zero-order valence-electron chi connectivity index (χ0n) is 13.6. The first-order valence-corrected chi connectivity index (χ1v) is 8.30. The Morgan fingerprint density at radius 2 is 1.84 bits per heavy atom. The van der Waals surface area contributed by atoms with E-state index in [-0.39, 0.29) is 30.3 Å². The van der Waals surface area contributed by atoms with E-state index in [1.54, 1.807) is 6.07 Å². The van der Waals surface area contributed by atoms with E-state index in [1.807, 2.05) is 31.2 Å². The highest BCUT2D eigenvalue weighted by Gasteiger charge is 2.12. The number of benzene rings is 2. The third-order valence-electron chi connectivity index (χ3n) is 3.27. The van der Waals surface area contributed by atoms with Crippen molar-refractivity contribution in [3.63, 3.8) is 0 Å². The van der Waals surface area contributed by atoms with Gasteiger partial charge in [-0.2, -0.15) is 0 Å². The lowest BCUT2D eigenvalue weighted by molar-refractivity contribution is -0.143. The maximum absolute atomic E-state index is 12.0. The summed E-state index contributed by atoms with van der Waals surface area (Å²) in [6, 6.07) is 12.0. The molecule has 0 aliphatic carbocycles. The minimum absolute atomic E-state index is 0.0880. The first-order valence-electron chi connectivity index (χ1n) is 7.54. The van der Waals surface area contributed by atoms with Gasteiger partial charge < -0.3 is 14.8 Å². The molecule has 0 atom stereocenters. The van der Waals surface area contributed by atoms with E-state index in [0.717, 1.165) is 11.3 Å². The zero-order valence-corrected chi connectivity index (χ0v) is 15.1. The van der Waals surface area contributed by atoms with Crippen LogP contribution < -0.4 is 10.1 Å². The van der Waals surface area contributed by atoms with Crippen LogP contribution in [0.25, 0.3) is 0 Å². The molecule has 0 radical (unpaired) electrons. The largest absolute Gasteiger partial charge is 0.490 e. The van der Waals surface area contributed by atoms with Crippen molar-refractivity contribution in [3.05, 3.63) is 63.6 Å². The molecule has 2 rings (SSSR count). The molecule has 0 aliphatic rings. The molecule has 25 heavy (non-hydrogen) atoms. The quantitative estimate of drug-likeness (QED) is 0.587. The normalized spacial score (nSPS) is 10.2. The van der Waals surface area contributed by atoms with Gasteiger partial charge in [0.1, 0.15) is 25.5 Å². The minimum Gasteiger partial charge on any atom is -0.490 e. The molecule has 2 aromatic carbocycles. The molecule has 2 aromatic rings. The van der Waals surface area contributed by atoms with Crippen molar-refractivity contribution >= 4 is 35.1 Å². The smallest absolute Gasteiger partial charge is 0.325 e. The Morgan fingerprint density at radius 3 is 2.56 bits per heavy atom. The van der Waals surface area contributed by atoms with E-state index in [1.165, 1.54) is 12.1 Å². The number of hydrogen-bond acceptors (Lipinski definition) is 4. The van der Waals surface area contributed by atoms with Crippen molar-refractivity contribution in [1.82, 2.24) is 5.32 Å². The SMILES string of the molecule is Cc1ccccc1OCCOC(=O)CNC(=O)c1ccc(Cl)cc1Cl. The third-order valence-corrected chi connectivity index (χ3v) is 3.81. The number of rotatable bonds is 7. The number of amides is 1. The number of hydrogen-bond donors (Lipinski definition) is 1. The monoisotopic (exact) mass is 381 g/mol. The van der Waals surface area contributed by atoms with Gasteiger partial charge in [-0.05, 0) is 36.8 Å². The lowest BCUT2D eigenvalue weighted by Crippen LogP contribution is -2.31. The third kappa shape index (κ3) is 5.96. The van der Waals surface area contributed by atoms with E-state index in [9.17, 15) is 9.59 Å². The number of aryl methyl sites for hydroxylation is 1. The first kappa shape index (κ1) is 19.1. The van der Waals surface area contributed by atoms with E-state index in [4.69, 9.17) is 32.7 Å². The summed E-state index contributed by atoms with van der Waals surface area (Å²) in [6.45, 7) is 1.99. The highest BCUT2D eigenvalue weighted by atomic mass is 35.5. The van der Waals surface area contributed by atoms with Gasteiger partial charge in [-0.3, -0.25) is 9.59 Å². The predicted molar refractivity (Wildman–Crippen MR) is 96.4 cm³/mol. The van der Waals surface area contributed by atoms with Gasteiger partial charge in [0.15, 0.2) is 0 Å². The van der Waals surface area contributed by atoms with Crippen molar-refractivity contribution in [2.45, 2.75) is 6.92 Å². The Bertz CT molecular complexity index is 764. The lowest BCUT2D eigenvalue weighted by Gasteiger charge is -2.10. The average Bonchev–Trinajstić information content (AvgIpc) is 2.58. The number of esters is 1. The van der Waals surface area contributed by atoms with Crippen molar-refractivity contribution in [2.75, 3.05) is 19.8 Å².